The number of rotatable bonds is 4. The number of phenols is 1. The van der Waals surface area contributed by atoms with Gasteiger partial charge < -0.3 is 20.3 Å². The molecule has 4 nitrogen and oxygen atoms in total. The molecule has 0 aromatic heterocycles. The van der Waals surface area contributed by atoms with Gasteiger partial charge in [0.2, 0.25) is 0 Å². The molecule has 3 N–H and O–H groups in total. The Hall–Kier alpha value is -1.13. The summed E-state index contributed by atoms with van der Waals surface area (Å²) >= 11 is 6.18. The second-order valence-electron chi connectivity index (χ2n) is 5.01. The van der Waals surface area contributed by atoms with Crippen molar-refractivity contribution in [2.45, 2.75) is 31.1 Å². The number of hydrogen-bond donors (Lipinski definition) is 2. The number of benzene rings is 1. The van der Waals surface area contributed by atoms with Crippen LogP contribution >= 0.6 is 11.6 Å². The summed E-state index contributed by atoms with van der Waals surface area (Å²) in [6, 6.07) is 1.80. The minimum atomic E-state index is -0.201. The van der Waals surface area contributed by atoms with Crippen molar-refractivity contribution in [1.29, 1.82) is 0 Å². The Bertz CT molecular complexity index is 470. The Labute approximate surface area is 118 Å². The van der Waals surface area contributed by atoms with Crippen molar-refractivity contribution < 1.29 is 14.6 Å². The van der Waals surface area contributed by atoms with E-state index in [4.69, 9.17) is 26.8 Å². The number of ether oxygens (including phenoxy) is 2. The number of phenolic OH excluding ortho intramolecular Hbond substituents is 1. The first-order chi connectivity index (χ1) is 9.09. The minimum Gasteiger partial charge on any atom is -0.506 e. The Morgan fingerprint density at radius 3 is 2.42 bits per heavy atom. The summed E-state index contributed by atoms with van der Waals surface area (Å²) < 4.78 is 10.5. The van der Waals surface area contributed by atoms with E-state index in [-0.39, 0.29) is 16.2 Å². The molecule has 1 fully saturated rings. The van der Waals surface area contributed by atoms with Gasteiger partial charge in [-0.15, -0.1) is 0 Å². The summed E-state index contributed by atoms with van der Waals surface area (Å²) in [6.07, 6.45) is 4.15. The van der Waals surface area contributed by atoms with Crippen molar-refractivity contribution >= 4 is 11.6 Å². The molecule has 0 radical (unpaired) electrons. The third-order valence-electron chi connectivity index (χ3n) is 4.11. The highest BCUT2D eigenvalue weighted by atomic mass is 35.5. The van der Waals surface area contributed by atoms with E-state index in [9.17, 15) is 5.11 Å². The summed E-state index contributed by atoms with van der Waals surface area (Å²) in [6.45, 7) is 0.492. The lowest BCUT2D eigenvalue weighted by Crippen LogP contribution is -2.32. The van der Waals surface area contributed by atoms with E-state index in [1.807, 2.05) is 0 Å². The van der Waals surface area contributed by atoms with Gasteiger partial charge in [0, 0.05) is 17.5 Å². The lowest BCUT2D eigenvalue weighted by atomic mass is 9.78. The molecule has 106 valence electrons. The average molecular weight is 286 g/mol. The van der Waals surface area contributed by atoms with Crippen molar-refractivity contribution in [2.24, 2.45) is 5.73 Å². The minimum absolute atomic E-state index is 0.0617. The molecule has 0 saturated heterocycles. The summed E-state index contributed by atoms with van der Waals surface area (Å²) in [7, 11) is 3.05. The largest absolute Gasteiger partial charge is 0.506 e. The van der Waals surface area contributed by atoms with Crippen LogP contribution in [0.2, 0.25) is 5.02 Å². The maximum absolute atomic E-state index is 10.4. The van der Waals surface area contributed by atoms with Crippen LogP contribution in [0.25, 0.3) is 0 Å². The first-order valence-electron chi connectivity index (χ1n) is 6.43. The van der Waals surface area contributed by atoms with Crippen LogP contribution < -0.4 is 15.2 Å². The lowest BCUT2D eigenvalue weighted by molar-refractivity contribution is 0.344. The Morgan fingerprint density at radius 2 is 1.95 bits per heavy atom. The van der Waals surface area contributed by atoms with Crippen LogP contribution in [0.3, 0.4) is 0 Å². The number of methoxy groups -OCH3 is 2. The zero-order valence-electron chi connectivity index (χ0n) is 11.3. The predicted molar refractivity (Wildman–Crippen MR) is 75.4 cm³/mol. The van der Waals surface area contributed by atoms with E-state index in [0.717, 1.165) is 31.2 Å². The van der Waals surface area contributed by atoms with E-state index in [2.05, 4.69) is 0 Å². The molecule has 1 saturated carbocycles. The monoisotopic (exact) mass is 285 g/mol. The first-order valence-corrected chi connectivity index (χ1v) is 6.81. The van der Waals surface area contributed by atoms with Gasteiger partial charge in [0.1, 0.15) is 10.8 Å². The van der Waals surface area contributed by atoms with Gasteiger partial charge in [-0.3, -0.25) is 0 Å². The summed E-state index contributed by atoms with van der Waals surface area (Å²) in [5.41, 5.74) is 6.53. The van der Waals surface area contributed by atoms with Crippen LogP contribution in [0.1, 0.15) is 31.2 Å². The fraction of sp³-hybridized carbons (Fsp3) is 0.571. The second kappa shape index (κ2) is 5.47. The summed E-state index contributed by atoms with van der Waals surface area (Å²) in [4.78, 5) is 0. The fourth-order valence-corrected chi connectivity index (χ4v) is 3.25. The molecule has 2 rings (SSSR count). The quantitative estimate of drug-likeness (QED) is 0.893. The highest BCUT2D eigenvalue weighted by Gasteiger charge is 2.38. The normalized spacial score (nSPS) is 17.5. The van der Waals surface area contributed by atoms with E-state index < -0.39 is 0 Å². The van der Waals surface area contributed by atoms with Crippen molar-refractivity contribution in [3.05, 3.63) is 16.7 Å². The van der Waals surface area contributed by atoms with Crippen LogP contribution in [-0.2, 0) is 5.41 Å². The zero-order chi connectivity index (χ0) is 14.0. The molecule has 0 bridgehead atoms. The molecule has 0 aliphatic heterocycles. The second-order valence-corrected chi connectivity index (χ2v) is 5.39. The molecule has 19 heavy (non-hydrogen) atoms. The molecule has 1 aromatic carbocycles. The SMILES string of the molecule is COc1cc(C2(CN)CCCC2)c(O)c(Cl)c1OC. The van der Waals surface area contributed by atoms with Gasteiger partial charge in [0.15, 0.2) is 11.5 Å². The maximum Gasteiger partial charge on any atom is 0.183 e. The van der Waals surface area contributed by atoms with Gasteiger partial charge in [0.25, 0.3) is 0 Å². The zero-order valence-corrected chi connectivity index (χ0v) is 12.1. The van der Waals surface area contributed by atoms with Crippen molar-refractivity contribution in [1.82, 2.24) is 0 Å². The molecule has 0 heterocycles. The number of hydrogen-bond acceptors (Lipinski definition) is 4. The molecular formula is C14H20ClNO3. The van der Waals surface area contributed by atoms with E-state index in [1.54, 1.807) is 13.2 Å². The molecule has 1 aliphatic rings. The smallest absolute Gasteiger partial charge is 0.183 e. The average Bonchev–Trinajstić information content (AvgIpc) is 2.91. The predicted octanol–water partition coefficient (Wildman–Crippen LogP) is 2.83. The molecule has 1 aromatic rings. The third kappa shape index (κ3) is 2.23. The van der Waals surface area contributed by atoms with Gasteiger partial charge >= 0.3 is 0 Å². The number of nitrogens with two attached hydrogens (primary N) is 1. The van der Waals surface area contributed by atoms with Crippen molar-refractivity contribution in [3.63, 3.8) is 0 Å². The molecular weight excluding hydrogens is 266 g/mol. The maximum atomic E-state index is 10.4. The first kappa shape index (κ1) is 14.3. The fourth-order valence-electron chi connectivity index (χ4n) is 2.98. The number of aromatic hydroxyl groups is 1. The Kier molecular flexibility index (Phi) is 4.11. The van der Waals surface area contributed by atoms with Crippen LogP contribution in [0.15, 0.2) is 6.07 Å². The van der Waals surface area contributed by atoms with E-state index in [0.29, 0.717) is 18.0 Å². The van der Waals surface area contributed by atoms with Gasteiger partial charge in [-0.2, -0.15) is 0 Å². The highest BCUT2D eigenvalue weighted by molar-refractivity contribution is 6.34. The van der Waals surface area contributed by atoms with Crippen molar-refractivity contribution in [2.75, 3.05) is 20.8 Å². The van der Waals surface area contributed by atoms with Gasteiger partial charge in [-0.25, -0.2) is 0 Å². The molecule has 5 heteroatoms. The molecule has 1 aliphatic carbocycles. The standard InChI is InChI=1S/C14H20ClNO3/c1-18-10-7-9(12(17)11(15)13(10)19-2)14(8-16)5-3-4-6-14/h7,17H,3-6,8,16H2,1-2H3. The molecule has 0 unspecified atom stereocenters. The molecule has 0 spiro atoms. The third-order valence-corrected chi connectivity index (χ3v) is 4.46. The summed E-state index contributed by atoms with van der Waals surface area (Å²) in [5.74, 6) is 0.947. The van der Waals surface area contributed by atoms with Crippen LogP contribution in [0.5, 0.6) is 17.2 Å². The summed E-state index contributed by atoms with van der Waals surface area (Å²) in [5, 5.41) is 10.6. The topological polar surface area (TPSA) is 64.7 Å². The highest BCUT2D eigenvalue weighted by Crippen LogP contribution is 2.51. The van der Waals surface area contributed by atoms with Crippen molar-refractivity contribution in [3.8, 4) is 17.2 Å². The number of halogens is 1. The van der Waals surface area contributed by atoms with Crippen LogP contribution in [0, 0.1) is 0 Å². The Morgan fingerprint density at radius 1 is 1.32 bits per heavy atom. The van der Waals surface area contributed by atoms with Gasteiger partial charge in [-0.05, 0) is 18.9 Å². The van der Waals surface area contributed by atoms with Crippen LogP contribution in [0.4, 0.5) is 0 Å². The Balaban J connectivity index is 2.60. The van der Waals surface area contributed by atoms with Gasteiger partial charge in [0.05, 0.1) is 14.2 Å². The van der Waals surface area contributed by atoms with E-state index >= 15 is 0 Å². The van der Waals surface area contributed by atoms with Crippen LogP contribution in [-0.4, -0.2) is 25.9 Å². The van der Waals surface area contributed by atoms with Gasteiger partial charge in [-0.1, -0.05) is 24.4 Å². The molecule has 0 atom stereocenters. The molecule has 0 amide bonds. The van der Waals surface area contributed by atoms with E-state index in [1.165, 1.54) is 7.11 Å². The lowest BCUT2D eigenvalue weighted by Gasteiger charge is -2.29.